The normalized spacial score (nSPS) is 26.2. The average molecular weight is 862 g/mol. The number of fused-ring (bicyclic) bond motifs is 5. The van der Waals surface area contributed by atoms with Gasteiger partial charge < -0.3 is 24.2 Å². The summed E-state index contributed by atoms with van der Waals surface area (Å²) < 4.78 is 19.5. The minimum atomic E-state index is -1.44. The summed E-state index contributed by atoms with van der Waals surface area (Å²) in [6, 6.07) is 18.1. The Morgan fingerprint density at radius 2 is 1.64 bits per heavy atom. The number of ether oxygens (including phenoxy) is 3. The van der Waals surface area contributed by atoms with Crippen molar-refractivity contribution in [2.24, 2.45) is 36.1 Å². The molecule has 2 aliphatic carbocycles. The molecule has 15 heteroatoms. The molecule has 3 aliphatic heterocycles. The second kappa shape index (κ2) is 14.5. The number of hydrogen-bond acceptors (Lipinski definition) is 11. The van der Waals surface area contributed by atoms with Crippen LogP contribution >= 0.6 is 22.9 Å². The molecule has 3 saturated heterocycles. The number of hydrogen-bond donors (Lipinski definition) is 1. The number of anilines is 3. The summed E-state index contributed by atoms with van der Waals surface area (Å²) in [5.74, 6) is -4.72. The summed E-state index contributed by atoms with van der Waals surface area (Å²) >= 11 is 7.90. The fourth-order valence-corrected chi connectivity index (χ4v) is 12.1. The number of halogens is 1. The number of morpholine rings is 1. The van der Waals surface area contributed by atoms with Crippen LogP contribution in [0.15, 0.2) is 72.3 Å². The van der Waals surface area contributed by atoms with Crippen molar-refractivity contribution in [3.63, 3.8) is 0 Å². The highest BCUT2D eigenvalue weighted by molar-refractivity contribution is 7.22. The first kappa shape index (κ1) is 39.4. The van der Waals surface area contributed by atoms with E-state index in [4.69, 9.17) is 30.9 Å². The van der Waals surface area contributed by atoms with Gasteiger partial charge in [-0.15, -0.1) is 11.3 Å². The standard InChI is InChI=1S/C46H44ClN5O8S/c1-23-30-18-24(47)6-13-36(30)61-41(23)33-22-37(49(3)48-33)52-43(55)32-21-31-28(40(46(32,2)45(52)57)39-34(53)19-27(58-4)20-35(39)59-5)11-12-29-38(31)44(56)51(42(29)54)26-9-7-25(8-10-26)50-14-16-60-17-15-50/h6-11,13,18-20,22,29,31-32,38,40,53H,12,14-17,21H2,1-5H3/t29-,31+,32-,38-,40+,46+/m0/s1. The molecule has 10 rings (SSSR count). The van der Waals surface area contributed by atoms with Crippen LogP contribution in [0.25, 0.3) is 20.7 Å². The smallest absolute Gasteiger partial charge is 0.242 e. The fourth-order valence-electron chi connectivity index (χ4n) is 10.8. The molecule has 5 aliphatic rings. The molecule has 1 N–H and O–H groups in total. The maximum Gasteiger partial charge on any atom is 0.242 e. The Morgan fingerprint density at radius 1 is 0.902 bits per heavy atom. The van der Waals surface area contributed by atoms with E-state index >= 15 is 9.59 Å². The first-order valence-corrected chi connectivity index (χ1v) is 21.6. The van der Waals surface area contributed by atoms with Crippen molar-refractivity contribution in [3.8, 4) is 27.8 Å². The number of imide groups is 2. The molecule has 3 aromatic carbocycles. The van der Waals surface area contributed by atoms with Crippen LogP contribution in [0, 0.1) is 36.0 Å². The molecule has 5 heterocycles. The van der Waals surface area contributed by atoms with Crippen LogP contribution in [0.5, 0.6) is 17.2 Å². The van der Waals surface area contributed by atoms with Gasteiger partial charge in [0.2, 0.25) is 23.6 Å². The van der Waals surface area contributed by atoms with Gasteiger partial charge in [0, 0.05) is 65.2 Å². The van der Waals surface area contributed by atoms with Gasteiger partial charge in [-0.05, 0) is 86.0 Å². The molecule has 0 spiro atoms. The summed E-state index contributed by atoms with van der Waals surface area (Å²) in [7, 11) is 4.65. The molecule has 314 valence electrons. The van der Waals surface area contributed by atoms with E-state index in [0.29, 0.717) is 46.7 Å². The van der Waals surface area contributed by atoms with Gasteiger partial charge in [-0.2, -0.15) is 5.10 Å². The third kappa shape index (κ3) is 5.78. The van der Waals surface area contributed by atoms with Crippen molar-refractivity contribution in [2.75, 3.05) is 55.2 Å². The number of aromatic nitrogens is 2. The number of phenolic OH excluding ortho intramolecular Hbond substituents is 1. The number of aryl methyl sites for hydroxylation is 2. The van der Waals surface area contributed by atoms with Crippen molar-refractivity contribution in [1.82, 2.24) is 9.78 Å². The number of amides is 4. The monoisotopic (exact) mass is 861 g/mol. The number of benzene rings is 3. The van der Waals surface area contributed by atoms with E-state index in [1.165, 1.54) is 30.1 Å². The lowest BCUT2D eigenvalue weighted by atomic mass is 9.51. The number of allylic oxidation sites excluding steroid dienone is 2. The molecule has 13 nitrogen and oxygen atoms in total. The fraction of sp³-hybridized carbons (Fsp3) is 0.370. The van der Waals surface area contributed by atoms with Gasteiger partial charge in [0.25, 0.3) is 0 Å². The molecule has 0 bridgehead atoms. The van der Waals surface area contributed by atoms with E-state index in [-0.39, 0.29) is 36.2 Å². The van der Waals surface area contributed by atoms with Gasteiger partial charge in [-0.3, -0.25) is 28.8 Å². The number of nitrogens with zero attached hydrogens (tertiary/aromatic N) is 5. The van der Waals surface area contributed by atoms with E-state index in [9.17, 15) is 14.7 Å². The number of carbonyl (C=O) groups excluding carboxylic acids is 4. The van der Waals surface area contributed by atoms with Gasteiger partial charge in [-0.25, -0.2) is 4.90 Å². The number of aromatic hydroxyl groups is 1. The Labute approximate surface area is 361 Å². The van der Waals surface area contributed by atoms with Crippen LogP contribution in [0.4, 0.5) is 17.2 Å². The second-order valence-electron chi connectivity index (χ2n) is 16.8. The predicted octanol–water partition coefficient (Wildman–Crippen LogP) is 7.26. The quantitative estimate of drug-likeness (QED) is 0.131. The zero-order chi connectivity index (χ0) is 42.6. The van der Waals surface area contributed by atoms with Crippen molar-refractivity contribution in [2.45, 2.75) is 32.6 Å². The van der Waals surface area contributed by atoms with Gasteiger partial charge in [0.15, 0.2) is 0 Å². The Bertz CT molecular complexity index is 2720. The number of phenols is 1. The lowest BCUT2D eigenvalue weighted by Gasteiger charge is -2.49. The summed E-state index contributed by atoms with van der Waals surface area (Å²) in [5, 5.41) is 18.3. The zero-order valence-electron chi connectivity index (χ0n) is 34.3. The van der Waals surface area contributed by atoms with Gasteiger partial charge in [0.1, 0.15) is 28.8 Å². The van der Waals surface area contributed by atoms with Crippen LogP contribution in [0.2, 0.25) is 5.02 Å². The number of rotatable bonds is 7. The van der Waals surface area contributed by atoms with E-state index < -0.39 is 46.8 Å². The van der Waals surface area contributed by atoms with Crippen LogP contribution in [-0.4, -0.2) is 79.0 Å². The van der Waals surface area contributed by atoms with E-state index in [2.05, 4.69) is 4.90 Å². The highest BCUT2D eigenvalue weighted by Gasteiger charge is 2.68. The average Bonchev–Trinajstić information content (AvgIpc) is 3.94. The van der Waals surface area contributed by atoms with Gasteiger partial charge in [-0.1, -0.05) is 23.3 Å². The van der Waals surface area contributed by atoms with Crippen LogP contribution in [0.1, 0.15) is 36.8 Å². The minimum Gasteiger partial charge on any atom is -0.507 e. The molecule has 6 atom stereocenters. The maximum absolute atomic E-state index is 15.4. The van der Waals surface area contributed by atoms with Crippen molar-refractivity contribution >= 4 is 73.8 Å². The third-order valence-electron chi connectivity index (χ3n) is 13.8. The number of thiophene rings is 1. The molecular formula is C46H44ClN5O8S. The molecule has 0 radical (unpaired) electrons. The van der Waals surface area contributed by atoms with Crippen LogP contribution in [0.3, 0.4) is 0 Å². The molecule has 5 aromatic rings. The molecule has 4 amide bonds. The predicted molar refractivity (Wildman–Crippen MR) is 232 cm³/mol. The SMILES string of the molecule is COc1cc(O)c([C@H]2C3=CC[C@@H]4C(=O)N(c5ccc(N6CCOCC6)cc5)C(=O)[C@@H]4[C@@H]3C[C@H]3C(=O)N(c4cc(-c5sc6ccc(Cl)cc6c5C)nn4C)C(=O)[C@@]23C)c(OC)c1. The Kier molecular flexibility index (Phi) is 9.35. The Hall–Kier alpha value is -5.70. The number of methoxy groups -OCH3 is 2. The lowest BCUT2D eigenvalue weighted by molar-refractivity contribution is -0.131. The van der Waals surface area contributed by atoms with E-state index in [1.807, 2.05) is 55.5 Å². The molecule has 2 aromatic heterocycles. The maximum atomic E-state index is 15.4. The first-order valence-electron chi connectivity index (χ1n) is 20.4. The minimum absolute atomic E-state index is 0.143. The van der Waals surface area contributed by atoms with E-state index in [0.717, 1.165) is 44.9 Å². The second-order valence-corrected chi connectivity index (χ2v) is 18.2. The zero-order valence-corrected chi connectivity index (χ0v) is 35.9. The van der Waals surface area contributed by atoms with Crippen molar-refractivity contribution in [3.05, 3.63) is 88.5 Å². The molecule has 61 heavy (non-hydrogen) atoms. The highest BCUT2D eigenvalue weighted by atomic mass is 35.5. The van der Waals surface area contributed by atoms with Crippen LogP contribution in [-0.2, 0) is 31.0 Å². The Balaban J connectivity index is 1.06. The summed E-state index contributed by atoms with van der Waals surface area (Å²) in [5.41, 5.74) is 2.64. The molecular weight excluding hydrogens is 818 g/mol. The lowest BCUT2D eigenvalue weighted by Crippen LogP contribution is -2.49. The molecule has 1 saturated carbocycles. The topological polar surface area (TPSA) is 144 Å². The van der Waals surface area contributed by atoms with E-state index in [1.54, 1.807) is 42.1 Å². The van der Waals surface area contributed by atoms with Gasteiger partial charge in [0.05, 0.1) is 61.2 Å². The summed E-state index contributed by atoms with van der Waals surface area (Å²) in [6.45, 7) is 6.53. The van der Waals surface area contributed by atoms with Crippen LogP contribution < -0.4 is 24.2 Å². The summed E-state index contributed by atoms with van der Waals surface area (Å²) in [6.07, 6.45) is 2.34. The summed E-state index contributed by atoms with van der Waals surface area (Å²) in [4.78, 5) is 65.2. The number of carbonyl (C=O) groups is 4. The first-order chi connectivity index (χ1) is 29.3. The third-order valence-corrected chi connectivity index (χ3v) is 15.3. The van der Waals surface area contributed by atoms with Gasteiger partial charge >= 0.3 is 0 Å². The Morgan fingerprint density at radius 3 is 2.36 bits per heavy atom. The van der Waals surface area contributed by atoms with Crippen molar-refractivity contribution in [1.29, 1.82) is 0 Å². The largest absolute Gasteiger partial charge is 0.507 e. The van der Waals surface area contributed by atoms with Crippen molar-refractivity contribution < 1.29 is 38.5 Å². The molecule has 0 unspecified atom stereocenters. The molecule has 4 fully saturated rings. The highest BCUT2D eigenvalue weighted by Crippen LogP contribution is 2.66.